The standard InChI is InChI=1S/C33H28N4O3/c1-3-18-36-32(38)29(23(2)30(20-34)33(36)39)19-26-21-37(27-12-8-5-9-13-27)35-31(26)25-14-16-28(17-15-25)40-22-24-10-6-4-7-11-24/h4-17,19,21H,3,18,22H2,1-2H3/b29-19+. The average molecular weight is 529 g/mol. The first-order valence-corrected chi connectivity index (χ1v) is 13.1. The summed E-state index contributed by atoms with van der Waals surface area (Å²) in [5.41, 5.74) is 4.77. The number of ether oxygens (including phenoxy) is 1. The monoisotopic (exact) mass is 528 g/mol. The third-order valence-corrected chi connectivity index (χ3v) is 6.71. The van der Waals surface area contributed by atoms with Gasteiger partial charge in [0.2, 0.25) is 0 Å². The van der Waals surface area contributed by atoms with Gasteiger partial charge < -0.3 is 4.74 Å². The van der Waals surface area contributed by atoms with Gasteiger partial charge in [0.1, 0.15) is 24.0 Å². The highest BCUT2D eigenvalue weighted by molar-refractivity contribution is 6.19. The molecule has 0 saturated heterocycles. The summed E-state index contributed by atoms with van der Waals surface area (Å²) in [4.78, 5) is 27.3. The molecule has 0 atom stereocenters. The minimum absolute atomic E-state index is 0.0174. The summed E-state index contributed by atoms with van der Waals surface area (Å²) >= 11 is 0. The average Bonchev–Trinajstić information content (AvgIpc) is 3.42. The summed E-state index contributed by atoms with van der Waals surface area (Å²) in [6.45, 7) is 4.23. The van der Waals surface area contributed by atoms with E-state index in [4.69, 9.17) is 9.84 Å². The van der Waals surface area contributed by atoms with E-state index in [2.05, 4.69) is 0 Å². The maximum absolute atomic E-state index is 13.4. The summed E-state index contributed by atoms with van der Waals surface area (Å²) in [5, 5.41) is 14.6. The van der Waals surface area contributed by atoms with Gasteiger partial charge in [-0.05, 0) is 67.0 Å². The lowest BCUT2D eigenvalue weighted by Gasteiger charge is -2.27. The van der Waals surface area contributed by atoms with Crippen molar-refractivity contribution in [2.45, 2.75) is 26.9 Å². The quantitative estimate of drug-likeness (QED) is 0.203. The molecule has 0 fully saturated rings. The van der Waals surface area contributed by atoms with Crippen molar-refractivity contribution < 1.29 is 14.3 Å². The number of imide groups is 1. The van der Waals surface area contributed by atoms with Gasteiger partial charge in [-0.1, -0.05) is 55.5 Å². The number of nitriles is 1. The Hall–Kier alpha value is -5.22. The Bertz CT molecular complexity index is 1640. The highest BCUT2D eigenvalue weighted by Gasteiger charge is 2.35. The Morgan fingerprint density at radius 1 is 0.925 bits per heavy atom. The molecule has 7 heteroatoms. The molecule has 0 aliphatic carbocycles. The van der Waals surface area contributed by atoms with Crippen LogP contribution < -0.4 is 4.74 Å². The number of hydrogen-bond acceptors (Lipinski definition) is 5. The van der Waals surface area contributed by atoms with E-state index >= 15 is 0 Å². The second-order valence-electron chi connectivity index (χ2n) is 9.44. The molecule has 0 unspecified atom stereocenters. The number of amides is 2. The Labute approximate surface area is 233 Å². The van der Waals surface area contributed by atoms with Crippen LogP contribution in [0.5, 0.6) is 5.75 Å². The number of aromatic nitrogens is 2. The Morgan fingerprint density at radius 2 is 1.60 bits per heavy atom. The molecule has 40 heavy (non-hydrogen) atoms. The van der Waals surface area contributed by atoms with E-state index in [9.17, 15) is 14.9 Å². The number of rotatable bonds is 8. The molecule has 0 radical (unpaired) electrons. The molecule has 198 valence electrons. The van der Waals surface area contributed by atoms with Crippen molar-refractivity contribution in [3.8, 4) is 28.8 Å². The Morgan fingerprint density at radius 3 is 2.25 bits per heavy atom. The first-order chi connectivity index (χ1) is 19.5. The predicted octanol–water partition coefficient (Wildman–Crippen LogP) is 6.12. The highest BCUT2D eigenvalue weighted by Crippen LogP contribution is 2.32. The summed E-state index contributed by atoms with van der Waals surface area (Å²) in [7, 11) is 0. The van der Waals surface area contributed by atoms with E-state index in [-0.39, 0.29) is 12.1 Å². The van der Waals surface area contributed by atoms with Crippen molar-refractivity contribution >= 4 is 17.9 Å². The molecule has 5 rings (SSSR count). The number of para-hydroxylation sites is 1. The van der Waals surface area contributed by atoms with Gasteiger partial charge in [-0.3, -0.25) is 14.5 Å². The van der Waals surface area contributed by atoms with Gasteiger partial charge in [0.05, 0.1) is 11.4 Å². The fourth-order valence-electron chi connectivity index (χ4n) is 4.59. The number of benzene rings is 3. The summed E-state index contributed by atoms with van der Waals surface area (Å²) in [6, 6.07) is 29.3. The van der Waals surface area contributed by atoms with Crippen molar-refractivity contribution in [1.29, 1.82) is 5.26 Å². The lowest BCUT2D eigenvalue weighted by atomic mass is 9.93. The van der Waals surface area contributed by atoms with Gasteiger partial charge in [0, 0.05) is 29.4 Å². The van der Waals surface area contributed by atoms with Crippen molar-refractivity contribution in [1.82, 2.24) is 14.7 Å². The number of hydrogen-bond donors (Lipinski definition) is 0. The van der Waals surface area contributed by atoms with E-state index in [1.54, 1.807) is 17.7 Å². The van der Waals surface area contributed by atoms with Crippen molar-refractivity contribution in [2.75, 3.05) is 6.54 Å². The fourth-order valence-corrected chi connectivity index (χ4v) is 4.59. The zero-order valence-corrected chi connectivity index (χ0v) is 22.4. The molecule has 1 aliphatic heterocycles. The number of carbonyl (C=O) groups excluding carboxylic acids is 2. The predicted molar refractivity (Wildman–Crippen MR) is 153 cm³/mol. The lowest BCUT2D eigenvalue weighted by Crippen LogP contribution is -2.43. The summed E-state index contributed by atoms with van der Waals surface area (Å²) < 4.78 is 7.71. The van der Waals surface area contributed by atoms with E-state index in [1.165, 1.54) is 0 Å². The van der Waals surface area contributed by atoms with Gasteiger partial charge in [-0.2, -0.15) is 10.4 Å². The minimum Gasteiger partial charge on any atom is -0.489 e. The van der Waals surface area contributed by atoms with Gasteiger partial charge in [0.15, 0.2) is 0 Å². The van der Waals surface area contributed by atoms with E-state index in [0.29, 0.717) is 35.4 Å². The third kappa shape index (κ3) is 5.33. The zero-order chi connectivity index (χ0) is 28.1. The molecule has 1 aliphatic rings. The molecule has 0 spiro atoms. The molecule has 4 aromatic rings. The van der Waals surface area contributed by atoms with Crippen LogP contribution in [0.15, 0.2) is 108 Å². The van der Waals surface area contributed by atoms with Crippen LogP contribution in [-0.2, 0) is 16.2 Å². The van der Waals surface area contributed by atoms with Crippen LogP contribution >= 0.6 is 0 Å². The van der Waals surface area contributed by atoms with Gasteiger partial charge >= 0.3 is 0 Å². The smallest absolute Gasteiger partial charge is 0.271 e. The molecule has 1 aromatic heterocycles. The Balaban J connectivity index is 1.55. The van der Waals surface area contributed by atoms with E-state index in [0.717, 1.165) is 27.5 Å². The lowest BCUT2D eigenvalue weighted by molar-refractivity contribution is -0.140. The molecule has 3 aromatic carbocycles. The van der Waals surface area contributed by atoms with Crippen molar-refractivity contribution in [2.24, 2.45) is 0 Å². The summed E-state index contributed by atoms with van der Waals surface area (Å²) in [5.74, 6) is -0.231. The molecule has 7 nitrogen and oxygen atoms in total. The second-order valence-corrected chi connectivity index (χ2v) is 9.44. The van der Waals surface area contributed by atoms with Crippen LogP contribution in [0.3, 0.4) is 0 Å². The maximum atomic E-state index is 13.4. The first kappa shape index (κ1) is 26.4. The molecule has 0 saturated carbocycles. The zero-order valence-electron chi connectivity index (χ0n) is 22.4. The van der Waals surface area contributed by atoms with Crippen LogP contribution in [0.2, 0.25) is 0 Å². The van der Waals surface area contributed by atoms with Gasteiger partial charge in [-0.15, -0.1) is 0 Å². The molecule has 0 N–H and O–H groups in total. The number of carbonyl (C=O) groups is 2. The molecule has 0 bridgehead atoms. The normalized spacial score (nSPS) is 14.5. The van der Waals surface area contributed by atoms with Crippen LogP contribution in [0.25, 0.3) is 23.0 Å². The third-order valence-electron chi connectivity index (χ3n) is 6.71. The highest BCUT2D eigenvalue weighted by atomic mass is 16.5. The molecular formula is C33H28N4O3. The maximum Gasteiger partial charge on any atom is 0.271 e. The SMILES string of the molecule is CCCN1C(=O)C(C#N)=C(C)/C(=C\c2cn(-c3ccccc3)nc2-c2ccc(OCc3ccccc3)cc2)C1=O. The topological polar surface area (TPSA) is 88.2 Å². The Kier molecular flexibility index (Phi) is 7.70. The van der Waals surface area contributed by atoms with Crippen LogP contribution in [0.4, 0.5) is 0 Å². The first-order valence-electron chi connectivity index (χ1n) is 13.1. The van der Waals surface area contributed by atoms with Crippen LogP contribution in [-0.4, -0.2) is 33.0 Å². The van der Waals surface area contributed by atoms with Gasteiger partial charge in [0.25, 0.3) is 11.8 Å². The largest absolute Gasteiger partial charge is 0.489 e. The van der Waals surface area contributed by atoms with E-state index < -0.39 is 11.8 Å². The van der Waals surface area contributed by atoms with Gasteiger partial charge in [-0.25, -0.2) is 4.68 Å². The van der Waals surface area contributed by atoms with Crippen LogP contribution in [0.1, 0.15) is 31.4 Å². The molecule has 2 amide bonds. The van der Waals surface area contributed by atoms with E-state index in [1.807, 2.05) is 104 Å². The second kappa shape index (κ2) is 11.7. The summed E-state index contributed by atoms with van der Waals surface area (Å²) in [6.07, 6.45) is 4.18. The fraction of sp³-hybridized carbons (Fsp3) is 0.152. The van der Waals surface area contributed by atoms with Crippen molar-refractivity contribution in [3.05, 3.63) is 119 Å². The van der Waals surface area contributed by atoms with Crippen LogP contribution in [0, 0.1) is 11.3 Å². The van der Waals surface area contributed by atoms with Crippen molar-refractivity contribution in [3.63, 3.8) is 0 Å². The minimum atomic E-state index is -0.546. The molecule has 2 heterocycles. The molecular weight excluding hydrogens is 500 g/mol. The number of nitrogens with zero attached hydrogens (tertiary/aromatic N) is 4.